The standard InChI is InChI=1S/C32H53NO3S/c1-6-9-10-11-12-13-14-15-16-17-18-19-20-21-22-23-24-25-26-37-32(7-2,8-3)31(36)33-29(30(34)35)27-28(4)5/h9-10,12-13,15-16,18-19,21-22,28-29H,6-8,11,14,17,20,23-27H2,1-5H3,(H,33,36)(H,34,35)/t29-/m0/s1. The van der Waals surface area contributed by atoms with Gasteiger partial charge >= 0.3 is 5.97 Å². The van der Waals surface area contributed by atoms with E-state index in [1.165, 1.54) is 0 Å². The minimum atomic E-state index is -0.954. The monoisotopic (exact) mass is 531 g/mol. The maximum absolute atomic E-state index is 13.0. The molecule has 0 saturated heterocycles. The number of carboxylic acids is 1. The van der Waals surface area contributed by atoms with Crippen LogP contribution in [0.2, 0.25) is 0 Å². The number of carbonyl (C=O) groups excluding carboxylic acids is 1. The lowest BCUT2D eigenvalue weighted by Gasteiger charge is -2.31. The summed E-state index contributed by atoms with van der Waals surface area (Å²) in [6.07, 6.45) is 32.2. The molecule has 0 spiro atoms. The van der Waals surface area contributed by atoms with Gasteiger partial charge in [-0.3, -0.25) is 4.79 Å². The Kier molecular flexibility index (Phi) is 21.9. The first kappa shape index (κ1) is 35.0. The fraction of sp³-hybridized carbons (Fsp3) is 0.625. The van der Waals surface area contributed by atoms with Crippen molar-refractivity contribution in [1.82, 2.24) is 5.32 Å². The minimum absolute atomic E-state index is 0.131. The summed E-state index contributed by atoms with van der Waals surface area (Å²) in [5.74, 6) is 0.0307. The van der Waals surface area contributed by atoms with Crippen LogP contribution in [0.1, 0.15) is 105 Å². The molecule has 0 saturated carbocycles. The molecule has 0 bridgehead atoms. The molecule has 210 valence electrons. The number of hydrogen-bond acceptors (Lipinski definition) is 3. The average molecular weight is 532 g/mol. The Labute approximate surface area is 231 Å². The Morgan fingerprint density at radius 2 is 1.27 bits per heavy atom. The summed E-state index contributed by atoms with van der Waals surface area (Å²) in [7, 11) is 0. The number of thioether (sulfide) groups is 1. The molecule has 0 radical (unpaired) electrons. The van der Waals surface area contributed by atoms with Crippen molar-refractivity contribution in [3.05, 3.63) is 60.8 Å². The molecule has 0 aliphatic heterocycles. The Balaban J connectivity index is 4.17. The van der Waals surface area contributed by atoms with Gasteiger partial charge in [-0.05, 0) is 82.3 Å². The molecular formula is C32H53NO3S. The number of hydrogen-bond donors (Lipinski definition) is 2. The van der Waals surface area contributed by atoms with E-state index in [0.717, 1.165) is 57.1 Å². The summed E-state index contributed by atoms with van der Waals surface area (Å²) in [6.45, 7) is 10.1. The van der Waals surface area contributed by atoms with Crippen LogP contribution >= 0.6 is 11.8 Å². The third-order valence-corrected chi connectivity index (χ3v) is 7.98. The van der Waals surface area contributed by atoms with Crippen molar-refractivity contribution >= 4 is 23.6 Å². The lowest BCUT2D eigenvalue weighted by molar-refractivity contribution is -0.142. The van der Waals surface area contributed by atoms with E-state index in [9.17, 15) is 14.7 Å². The van der Waals surface area contributed by atoms with Gasteiger partial charge in [0, 0.05) is 0 Å². The number of aliphatic carboxylic acids is 1. The van der Waals surface area contributed by atoms with Gasteiger partial charge in [-0.1, -0.05) is 95.4 Å². The highest BCUT2D eigenvalue weighted by molar-refractivity contribution is 8.01. The first-order valence-electron chi connectivity index (χ1n) is 14.3. The molecule has 4 nitrogen and oxygen atoms in total. The van der Waals surface area contributed by atoms with Crippen molar-refractivity contribution < 1.29 is 14.7 Å². The van der Waals surface area contributed by atoms with Gasteiger partial charge in [0.1, 0.15) is 6.04 Å². The van der Waals surface area contributed by atoms with E-state index in [-0.39, 0.29) is 11.8 Å². The van der Waals surface area contributed by atoms with Crippen molar-refractivity contribution in [2.75, 3.05) is 5.75 Å². The zero-order valence-corrected chi connectivity index (χ0v) is 24.9. The Morgan fingerprint density at radius 3 is 1.70 bits per heavy atom. The predicted octanol–water partition coefficient (Wildman–Crippen LogP) is 8.82. The van der Waals surface area contributed by atoms with E-state index in [1.54, 1.807) is 11.8 Å². The van der Waals surface area contributed by atoms with E-state index in [1.807, 2.05) is 27.7 Å². The second-order valence-electron chi connectivity index (χ2n) is 9.75. The van der Waals surface area contributed by atoms with Gasteiger partial charge in [0.25, 0.3) is 0 Å². The molecule has 0 aliphatic rings. The fourth-order valence-corrected chi connectivity index (χ4v) is 5.16. The van der Waals surface area contributed by atoms with Gasteiger partial charge in [0.2, 0.25) is 5.91 Å². The molecular weight excluding hydrogens is 478 g/mol. The normalized spacial score (nSPS) is 13.8. The third-order valence-electron chi connectivity index (χ3n) is 6.17. The summed E-state index contributed by atoms with van der Waals surface area (Å²) in [4.78, 5) is 24.6. The van der Waals surface area contributed by atoms with Crippen molar-refractivity contribution in [2.45, 2.75) is 116 Å². The van der Waals surface area contributed by atoms with Gasteiger partial charge < -0.3 is 10.4 Å². The molecule has 0 fully saturated rings. The third kappa shape index (κ3) is 18.0. The maximum atomic E-state index is 13.0. The number of carbonyl (C=O) groups is 2. The SMILES string of the molecule is CCC=CCC=CCC=CCC=CCC=CCCCCSC(CC)(CC)C(=O)N[C@@H](CC(C)C)C(=O)O. The molecule has 5 heteroatoms. The molecule has 0 unspecified atom stereocenters. The van der Waals surface area contributed by atoms with Crippen molar-refractivity contribution in [3.8, 4) is 0 Å². The first-order valence-corrected chi connectivity index (χ1v) is 15.2. The average Bonchev–Trinajstić information content (AvgIpc) is 2.87. The van der Waals surface area contributed by atoms with Crippen molar-refractivity contribution in [2.24, 2.45) is 5.92 Å². The van der Waals surface area contributed by atoms with E-state index >= 15 is 0 Å². The molecule has 0 heterocycles. The van der Waals surface area contributed by atoms with Crippen molar-refractivity contribution in [1.29, 1.82) is 0 Å². The van der Waals surface area contributed by atoms with Crippen LogP contribution in [0.4, 0.5) is 0 Å². The maximum Gasteiger partial charge on any atom is 0.326 e. The number of allylic oxidation sites excluding steroid dienone is 10. The van der Waals surface area contributed by atoms with E-state index in [4.69, 9.17) is 0 Å². The van der Waals surface area contributed by atoms with Crippen LogP contribution in [-0.4, -0.2) is 33.5 Å². The van der Waals surface area contributed by atoms with E-state index in [2.05, 4.69) is 73.0 Å². The largest absolute Gasteiger partial charge is 0.480 e. The van der Waals surface area contributed by atoms with Crippen LogP contribution in [0, 0.1) is 5.92 Å². The van der Waals surface area contributed by atoms with Gasteiger partial charge in [-0.15, -0.1) is 11.8 Å². The van der Waals surface area contributed by atoms with Crippen LogP contribution in [0.5, 0.6) is 0 Å². The number of nitrogens with one attached hydrogen (secondary N) is 1. The highest BCUT2D eigenvalue weighted by Gasteiger charge is 2.37. The molecule has 0 rings (SSSR count). The zero-order valence-electron chi connectivity index (χ0n) is 24.1. The molecule has 0 aliphatic carbocycles. The highest BCUT2D eigenvalue weighted by atomic mass is 32.2. The number of rotatable bonds is 22. The second kappa shape index (κ2) is 23.1. The molecule has 37 heavy (non-hydrogen) atoms. The summed E-state index contributed by atoms with van der Waals surface area (Å²) in [6, 6.07) is -0.819. The van der Waals surface area contributed by atoms with Crippen molar-refractivity contribution in [3.63, 3.8) is 0 Å². The number of carboxylic acid groups (broad SMARTS) is 1. The molecule has 0 aromatic carbocycles. The molecule has 1 amide bonds. The topological polar surface area (TPSA) is 66.4 Å². The van der Waals surface area contributed by atoms with Crippen LogP contribution in [0.25, 0.3) is 0 Å². The quantitative estimate of drug-likeness (QED) is 0.108. The summed E-state index contributed by atoms with van der Waals surface area (Å²) in [5.41, 5.74) is 0. The van der Waals surface area contributed by atoms with Gasteiger partial charge in [-0.2, -0.15) is 0 Å². The summed E-state index contributed by atoms with van der Waals surface area (Å²) in [5, 5.41) is 12.3. The van der Waals surface area contributed by atoms with Crippen LogP contribution < -0.4 is 5.32 Å². The van der Waals surface area contributed by atoms with Gasteiger partial charge in [0.15, 0.2) is 0 Å². The number of amides is 1. The fourth-order valence-electron chi connectivity index (χ4n) is 3.82. The summed E-state index contributed by atoms with van der Waals surface area (Å²) >= 11 is 1.68. The summed E-state index contributed by atoms with van der Waals surface area (Å²) < 4.78 is -0.554. The second-order valence-corrected chi connectivity index (χ2v) is 11.2. The van der Waals surface area contributed by atoms with Crippen LogP contribution in [-0.2, 0) is 9.59 Å². The number of unbranched alkanes of at least 4 members (excludes halogenated alkanes) is 2. The predicted molar refractivity (Wildman–Crippen MR) is 163 cm³/mol. The van der Waals surface area contributed by atoms with Crippen LogP contribution in [0.3, 0.4) is 0 Å². The van der Waals surface area contributed by atoms with Gasteiger partial charge in [0.05, 0.1) is 4.75 Å². The molecule has 0 aromatic heterocycles. The van der Waals surface area contributed by atoms with Gasteiger partial charge in [-0.25, -0.2) is 4.79 Å². The molecule has 2 N–H and O–H groups in total. The zero-order chi connectivity index (χ0) is 27.8. The molecule has 1 atom stereocenters. The Hall–Kier alpha value is -2.01. The Morgan fingerprint density at radius 1 is 0.784 bits per heavy atom. The highest BCUT2D eigenvalue weighted by Crippen LogP contribution is 2.34. The molecule has 0 aromatic rings. The van der Waals surface area contributed by atoms with Crippen LogP contribution in [0.15, 0.2) is 60.8 Å². The lowest BCUT2D eigenvalue weighted by Crippen LogP contribution is -2.50. The minimum Gasteiger partial charge on any atom is -0.480 e. The smallest absolute Gasteiger partial charge is 0.326 e. The Bertz CT molecular complexity index is 745. The first-order chi connectivity index (χ1) is 17.8. The lowest BCUT2D eigenvalue weighted by atomic mass is 9.98. The van der Waals surface area contributed by atoms with E-state index in [0.29, 0.717) is 19.3 Å². The van der Waals surface area contributed by atoms with E-state index < -0.39 is 16.8 Å².